The van der Waals surface area contributed by atoms with Gasteiger partial charge in [-0.2, -0.15) is 0 Å². The summed E-state index contributed by atoms with van der Waals surface area (Å²) < 4.78 is 0. The van der Waals surface area contributed by atoms with Crippen molar-refractivity contribution in [2.75, 3.05) is 18.4 Å². The van der Waals surface area contributed by atoms with Gasteiger partial charge >= 0.3 is 0 Å². The zero-order chi connectivity index (χ0) is 21.6. The van der Waals surface area contributed by atoms with E-state index in [1.165, 1.54) is 35.9 Å². The van der Waals surface area contributed by atoms with Crippen molar-refractivity contribution in [3.05, 3.63) is 81.5 Å². The van der Waals surface area contributed by atoms with Crippen LogP contribution >= 0.6 is 0 Å². The van der Waals surface area contributed by atoms with Gasteiger partial charge in [0.25, 0.3) is 5.69 Å². The van der Waals surface area contributed by atoms with Gasteiger partial charge in [0.05, 0.1) is 16.0 Å². The Kier molecular flexibility index (Phi) is 6.21. The van der Waals surface area contributed by atoms with Crippen LogP contribution in [0.1, 0.15) is 29.7 Å². The molecule has 0 spiro atoms. The van der Waals surface area contributed by atoms with Crippen molar-refractivity contribution in [1.82, 2.24) is 10.3 Å². The van der Waals surface area contributed by atoms with Gasteiger partial charge in [-0.3, -0.25) is 19.9 Å². The fourth-order valence-corrected chi connectivity index (χ4v) is 3.97. The maximum atomic E-state index is 12.1. The number of amides is 1. The summed E-state index contributed by atoms with van der Waals surface area (Å²) in [5.74, 6) is -0.290. The number of fused-ring (bicyclic) bond motifs is 2. The Bertz CT molecular complexity index is 1160. The first-order valence-electron chi connectivity index (χ1n) is 10.5. The molecule has 1 amide bonds. The molecule has 2 N–H and O–H groups in total. The van der Waals surface area contributed by atoms with E-state index in [1.807, 2.05) is 18.2 Å². The third-order valence-electron chi connectivity index (χ3n) is 5.44. The number of nitrogens with one attached hydrogen (secondary N) is 2. The number of pyridine rings is 1. The van der Waals surface area contributed by atoms with Gasteiger partial charge in [-0.1, -0.05) is 30.3 Å². The number of benzene rings is 2. The quantitative estimate of drug-likeness (QED) is 0.260. The summed E-state index contributed by atoms with van der Waals surface area (Å²) >= 11 is 0. The number of nitro groups is 1. The Hall–Kier alpha value is -3.74. The zero-order valence-corrected chi connectivity index (χ0v) is 17.1. The van der Waals surface area contributed by atoms with Gasteiger partial charge < -0.3 is 10.6 Å². The average molecular weight is 416 g/mol. The fraction of sp³-hybridized carbons (Fsp3) is 0.250. The summed E-state index contributed by atoms with van der Waals surface area (Å²) in [6.45, 7) is 1.01. The van der Waals surface area contributed by atoms with Crippen LogP contribution in [-0.4, -0.2) is 28.9 Å². The highest BCUT2D eigenvalue weighted by molar-refractivity contribution is 5.94. The second kappa shape index (κ2) is 9.38. The normalized spacial score (nSPS) is 13.2. The summed E-state index contributed by atoms with van der Waals surface area (Å²) in [6, 6.07) is 14.5. The van der Waals surface area contributed by atoms with Crippen LogP contribution in [0, 0.1) is 10.1 Å². The number of nitrogens with zero attached hydrogens (tertiary/aromatic N) is 2. The lowest BCUT2D eigenvalue weighted by atomic mass is 9.92. The highest BCUT2D eigenvalue weighted by atomic mass is 16.6. The molecule has 7 nitrogen and oxygen atoms in total. The number of anilines is 1. The number of aryl methyl sites for hydroxylation is 1. The molecule has 0 atom stereocenters. The van der Waals surface area contributed by atoms with E-state index in [2.05, 4.69) is 16.7 Å². The van der Waals surface area contributed by atoms with E-state index < -0.39 is 4.92 Å². The molecule has 1 heterocycles. The Labute approximate surface area is 180 Å². The van der Waals surface area contributed by atoms with Gasteiger partial charge in [-0.25, -0.2) is 0 Å². The molecular formula is C24H24N4O3. The number of nitro benzene ring substituents is 1. The molecule has 0 aliphatic heterocycles. The van der Waals surface area contributed by atoms with Gasteiger partial charge in [0.2, 0.25) is 5.91 Å². The van der Waals surface area contributed by atoms with Crippen molar-refractivity contribution in [2.24, 2.45) is 0 Å². The number of carbonyl (C=O) groups excluding carboxylic acids is 1. The standard InChI is InChI=1S/C24H24N4O3/c29-23(14-13-17-7-1-6-12-22(17)28(30)31)25-15-16-26-24-18-8-2-4-10-20(18)27-21-11-5-3-9-19(21)24/h1-2,4,6-8,10,12-14H,3,5,9,11,15-16H2,(H,25,29)(H,26,27)/b14-13+. The molecule has 1 aliphatic rings. The maximum absolute atomic E-state index is 12.1. The second-order valence-corrected chi connectivity index (χ2v) is 7.50. The lowest BCUT2D eigenvalue weighted by Gasteiger charge is -2.21. The van der Waals surface area contributed by atoms with Gasteiger partial charge in [0.15, 0.2) is 0 Å². The van der Waals surface area contributed by atoms with Crippen molar-refractivity contribution >= 4 is 34.3 Å². The molecule has 0 radical (unpaired) electrons. The van der Waals surface area contributed by atoms with Crippen LogP contribution in [0.15, 0.2) is 54.6 Å². The molecule has 0 saturated carbocycles. The fourth-order valence-electron chi connectivity index (χ4n) is 3.97. The molecule has 0 bridgehead atoms. The third kappa shape index (κ3) is 4.71. The molecule has 3 aromatic rings. The van der Waals surface area contributed by atoms with Crippen molar-refractivity contribution in [2.45, 2.75) is 25.7 Å². The van der Waals surface area contributed by atoms with Gasteiger partial charge in [-0.15, -0.1) is 0 Å². The molecule has 0 unspecified atom stereocenters. The van der Waals surface area contributed by atoms with E-state index >= 15 is 0 Å². The first-order chi connectivity index (χ1) is 15.1. The van der Waals surface area contributed by atoms with E-state index in [-0.39, 0.29) is 11.6 Å². The minimum absolute atomic E-state index is 0.0254. The van der Waals surface area contributed by atoms with E-state index in [0.29, 0.717) is 18.7 Å². The lowest BCUT2D eigenvalue weighted by Crippen LogP contribution is -2.27. The molecule has 1 aliphatic carbocycles. The van der Waals surface area contributed by atoms with Crippen LogP contribution in [0.5, 0.6) is 0 Å². The monoisotopic (exact) mass is 416 g/mol. The van der Waals surface area contributed by atoms with Gasteiger partial charge in [-0.05, 0) is 49.5 Å². The van der Waals surface area contributed by atoms with E-state index in [0.717, 1.165) is 35.9 Å². The Morgan fingerprint density at radius 1 is 1.06 bits per heavy atom. The van der Waals surface area contributed by atoms with Crippen LogP contribution in [0.2, 0.25) is 0 Å². The summed E-state index contributed by atoms with van der Waals surface area (Å²) in [6.07, 6.45) is 7.14. The molecular weight excluding hydrogens is 392 g/mol. The van der Waals surface area contributed by atoms with Crippen molar-refractivity contribution in [3.63, 3.8) is 0 Å². The van der Waals surface area contributed by atoms with Gasteiger partial charge in [0, 0.05) is 42.0 Å². The summed E-state index contributed by atoms with van der Waals surface area (Å²) in [7, 11) is 0. The van der Waals surface area contributed by atoms with E-state index in [1.54, 1.807) is 18.2 Å². The Balaban J connectivity index is 1.39. The Morgan fingerprint density at radius 3 is 2.71 bits per heavy atom. The van der Waals surface area contributed by atoms with Gasteiger partial charge in [0.1, 0.15) is 0 Å². The SMILES string of the molecule is O=C(/C=C/c1ccccc1[N+](=O)[O-])NCCNc1c2c(nc3ccccc13)CCCC2. The van der Waals surface area contributed by atoms with Crippen LogP contribution in [0.25, 0.3) is 17.0 Å². The second-order valence-electron chi connectivity index (χ2n) is 7.50. The third-order valence-corrected chi connectivity index (χ3v) is 5.44. The minimum atomic E-state index is -0.457. The molecule has 0 fully saturated rings. The number of aromatic nitrogens is 1. The van der Waals surface area contributed by atoms with Crippen LogP contribution < -0.4 is 10.6 Å². The molecule has 7 heteroatoms. The van der Waals surface area contributed by atoms with Crippen molar-refractivity contribution < 1.29 is 9.72 Å². The molecule has 2 aromatic carbocycles. The predicted octanol–water partition coefficient (Wildman–Crippen LogP) is 4.26. The first-order valence-corrected chi connectivity index (χ1v) is 10.5. The predicted molar refractivity (Wildman–Crippen MR) is 122 cm³/mol. The average Bonchev–Trinajstić information content (AvgIpc) is 2.79. The largest absolute Gasteiger partial charge is 0.382 e. The molecule has 158 valence electrons. The van der Waals surface area contributed by atoms with Crippen molar-refractivity contribution in [3.8, 4) is 0 Å². The van der Waals surface area contributed by atoms with E-state index in [4.69, 9.17) is 4.98 Å². The molecule has 1 aromatic heterocycles. The topological polar surface area (TPSA) is 97.2 Å². The molecule has 31 heavy (non-hydrogen) atoms. The zero-order valence-electron chi connectivity index (χ0n) is 17.1. The van der Waals surface area contributed by atoms with E-state index in [9.17, 15) is 14.9 Å². The number of rotatable bonds is 7. The maximum Gasteiger partial charge on any atom is 0.276 e. The number of para-hydroxylation sites is 2. The number of hydrogen-bond donors (Lipinski definition) is 2. The van der Waals surface area contributed by atoms with Crippen LogP contribution in [0.4, 0.5) is 11.4 Å². The first kappa shape index (κ1) is 20.5. The Morgan fingerprint density at radius 2 is 1.84 bits per heavy atom. The minimum Gasteiger partial charge on any atom is -0.382 e. The molecule has 4 rings (SSSR count). The number of carbonyl (C=O) groups is 1. The number of hydrogen-bond acceptors (Lipinski definition) is 5. The summed E-state index contributed by atoms with van der Waals surface area (Å²) in [4.78, 5) is 27.6. The van der Waals surface area contributed by atoms with Crippen LogP contribution in [0.3, 0.4) is 0 Å². The lowest BCUT2D eigenvalue weighted by molar-refractivity contribution is -0.385. The highest BCUT2D eigenvalue weighted by Crippen LogP contribution is 2.33. The van der Waals surface area contributed by atoms with Crippen molar-refractivity contribution in [1.29, 1.82) is 0 Å². The smallest absolute Gasteiger partial charge is 0.276 e. The molecule has 0 saturated heterocycles. The summed E-state index contributed by atoms with van der Waals surface area (Å²) in [5, 5.41) is 18.5. The highest BCUT2D eigenvalue weighted by Gasteiger charge is 2.17. The van der Waals surface area contributed by atoms with Crippen LogP contribution in [-0.2, 0) is 17.6 Å². The summed E-state index contributed by atoms with van der Waals surface area (Å²) in [5.41, 5.74) is 4.93.